The lowest BCUT2D eigenvalue weighted by molar-refractivity contribution is 0.0941. The van der Waals surface area contributed by atoms with Crippen LogP contribution in [0.3, 0.4) is 0 Å². The summed E-state index contributed by atoms with van der Waals surface area (Å²) in [5, 5.41) is 3.23. The quantitative estimate of drug-likeness (QED) is 0.708. The van der Waals surface area contributed by atoms with E-state index in [1.807, 2.05) is 12.1 Å². The van der Waals surface area contributed by atoms with Crippen LogP contribution in [0.2, 0.25) is 0 Å². The summed E-state index contributed by atoms with van der Waals surface area (Å²) in [7, 11) is 1.72. The van der Waals surface area contributed by atoms with Crippen LogP contribution < -0.4 is 10.1 Å². The van der Waals surface area contributed by atoms with Gasteiger partial charge in [0.1, 0.15) is 5.75 Å². The van der Waals surface area contributed by atoms with Crippen LogP contribution >= 0.6 is 11.3 Å². The fraction of sp³-hybridized carbons (Fsp3) is 0.542. The number of ether oxygens (including phenoxy) is 1. The first-order valence-electron chi connectivity index (χ1n) is 11.0. The lowest BCUT2D eigenvalue weighted by Crippen LogP contribution is -2.36. The fourth-order valence-corrected chi connectivity index (χ4v) is 5.89. The van der Waals surface area contributed by atoms with E-state index < -0.39 is 0 Å². The first kappa shape index (κ1) is 20.4. The number of likely N-dealkylation sites (tertiary alicyclic amines) is 1. The zero-order valence-corrected chi connectivity index (χ0v) is 18.4. The van der Waals surface area contributed by atoms with E-state index in [0.29, 0.717) is 6.54 Å². The molecule has 1 saturated heterocycles. The molecular formula is C24H32N2O2S. The second kappa shape index (κ2) is 9.31. The highest BCUT2D eigenvalue weighted by atomic mass is 32.1. The summed E-state index contributed by atoms with van der Waals surface area (Å²) in [4.78, 5) is 17.7. The summed E-state index contributed by atoms with van der Waals surface area (Å²) in [6.07, 6.45) is 7.19. The number of nitrogens with zero attached hydrogens (tertiary/aromatic N) is 1. The molecule has 2 aromatic rings. The predicted molar refractivity (Wildman–Crippen MR) is 119 cm³/mol. The van der Waals surface area contributed by atoms with Gasteiger partial charge in [0.15, 0.2) is 0 Å². The Labute approximate surface area is 178 Å². The summed E-state index contributed by atoms with van der Waals surface area (Å²) in [6, 6.07) is 10.5. The molecule has 0 bridgehead atoms. The number of rotatable bonds is 7. The Kier molecular flexibility index (Phi) is 6.56. The molecule has 2 heterocycles. The Morgan fingerprint density at radius 2 is 2.10 bits per heavy atom. The molecule has 2 unspecified atom stereocenters. The van der Waals surface area contributed by atoms with Crippen LogP contribution in [0.15, 0.2) is 30.3 Å². The summed E-state index contributed by atoms with van der Waals surface area (Å²) in [6.45, 7) is 5.03. The number of para-hydroxylation sites is 1. The lowest BCUT2D eigenvalue weighted by Gasteiger charge is -2.29. The van der Waals surface area contributed by atoms with Gasteiger partial charge in [0.25, 0.3) is 5.91 Å². The minimum absolute atomic E-state index is 0.0662. The second-order valence-corrected chi connectivity index (χ2v) is 9.42. The van der Waals surface area contributed by atoms with Gasteiger partial charge in [0, 0.05) is 17.0 Å². The third-order valence-electron chi connectivity index (χ3n) is 6.52. The number of carbonyl (C=O) groups excluding carboxylic acids is 1. The van der Waals surface area contributed by atoms with E-state index >= 15 is 0 Å². The normalized spacial score (nSPS) is 20.3. The van der Waals surface area contributed by atoms with Gasteiger partial charge >= 0.3 is 0 Å². The van der Waals surface area contributed by atoms with Crippen LogP contribution in [0.5, 0.6) is 5.75 Å². The van der Waals surface area contributed by atoms with Crippen LogP contribution in [-0.2, 0) is 12.8 Å². The van der Waals surface area contributed by atoms with Crippen LogP contribution in [-0.4, -0.2) is 37.6 Å². The predicted octanol–water partition coefficient (Wildman–Crippen LogP) is 4.84. The maximum absolute atomic E-state index is 13.0. The van der Waals surface area contributed by atoms with Gasteiger partial charge in [-0.3, -0.25) is 9.69 Å². The van der Waals surface area contributed by atoms with Crippen LogP contribution in [0, 0.1) is 5.92 Å². The minimum atomic E-state index is 0.0662. The van der Waals surface area contributed by atoms with Crippen molar-refractivity contribution in [3.63, 3.8) is 0 Å². The Hall–Kier alpha value is -1.85. The maximum Gasteiger partial charge on any atom is 0.261 e. The van der Waals surface area contributed by atoms with E-state index in [0.717, 1.165) is 48.0 Å². The van der Waals surface area contributed by atoms with Gasteiger partial charge in [-0.25, -0.2) is 0 Å². The first-order valence-corrected chi connectivity index (χ1v) is 11.8. The number of aryl methyl sites for hydroxylation is 1. The number of thiophene rings is 1. The third kappa shape index (κ3) is 4.51. The fourth-order valence-electron chi connectivity index (χ4n) is 4.77. The van der Waals surface area contributed by atoms with Gasteiger partial charge < -0.3 is 10.1 Å². The topological polar surface area (TPSA) is 41.6 Å². The molecule has 0 spiro atoms. The number of hydrogen-bond donors (Lipinski definition) is 1. The molecule has 0 saturated carbocycles. The lowest BCUT2D eigenvalue weighted by atomic mass is 9.87. The monoisotopic (exact) mass is 412 g/mol. The van der Waals surface area contributed by atoms with Crippen molar-refractivity contribution in [3.05, 3.63) is 51.2 Å². The number of carbonyl (C=O) groups is 1. The summed E-state index contributed by atoms with van der Waals surface area (Å²) in [5.74, 6) is 1.74. The Morgan fingerprint density at radius 1 is 1.31 bits per heavy atom. The van der Waals surface area contributed by atoms with E-state index in [4.69, 9.17) is 4.74 Å². The average molecular weight is 413 g/mol. The number of fused-ring (bicyclic) bond motifs is 1. The standard InChI is InChI=1S/C24H32N2O2S/c1-3-17-10-11-22-18(14-17)15-23(29-22)24(27)25-16-20(26-12-6-7-13-26)19-8-4-5-9-21(19)28-2/h4-5,8-9,15,17,20H,3,6-7,10-14,16H2,1-2H3,(H,25,27). The molecule has 1 amide bonds. The van der Waals surface area contributed by atoms with Crippen molar-refractivity contribution < 1.29 is 9.53 Å². The molecule has 1 fully saturated rings. The van der Waals surface area contributed by atoms with Crippen molar-refractivity contribution in [1.29, 1.82) is 0 Å². The van der Waals surface area contributed by atoms with Crippen molar-refractivity contribution in [3.8, 4) is 5.75 Å². The van der Waals surface area contributed by atoms with Gasteiger partial charge in [0.2, 0.25) is 0 Å². The summed E-state index contributed by atoms with van der Waals surface area (Å²) in [5.41, 5.74) is 2.56. The van der Waals surface area contributed by atoms with Gasteiger partial charge in [-0.1, -0.05) is 31.5 Å². The molecule has 2 atom stereocenters. The Bertz CT molecular complexity index is 841. The molecule has 5 heteroatoms. The van der Waals surface area contributed by atoms with Crippen molar-refractivity contribution in [2.45, 2.75) is 51.5 Å². The molecule has 1 aromatic heterocycles. The van der Waals surface area contributed by atoms with Crippen molar-refractivity contribution >= 4 is 17.2 Å². The zero-order valence-electron chi connectivity index (χ0n) is 17.6. The summed E-state index contributed by atoms with van der Waals surface area (Å²) < 4.78 is 5.62. The van der Waals surface area contributed by atoms with Crippen molar-refractivity contribution in [2.75, 3.05) is 26.7 Å². The minimum Gasteiger partial charge on any atom is -0.496 e. The van der Waals surface area contributed by atoms with E-state index in [-0.39, 0.29) is 11.9 Å². The molecule has 4 nitrogen and oxygen atoms in total. The van der Waals surface area contributed by atoms with E-state index in [1.54, 1.807) is 18.4 Å². The average Bonchev–Trinajstić information content (AvgIpc) is 3.43. The zero-order chi connectivity index (χ0) is 20.2. The SMILES string of the molecule is CCC1CCc2sc(C(=O)NCC(c3ccccc3OC)N3CCCC3)cc2C1. The third-order valence-corrected chi connectivity index (χ3v) is 7.76. The largest absolute Gasteiger partial charge is 0.496 e. The highest BCUT2D eigenvalue weighted by Crippen LogP contribution is 2.34. The number of benzene rings is 1. The van der Waals surface area contributed by atoms with Gasteiger partial charge in [-0.2, -0.15) is 0 Å². The van der Waals surface area contributed by atoms with Gasteiger partial charge in [-0.15, -0.1) is 11.3 Å². The molecule has 1 aliphatic heterocycles. The van der Waals surface area contributed by atoms with Crippen molar-refractivity contribution in [2.24, 2.45) is 5.92 Å². The molecule has 4 rings (SSSR count). The highest BCUT2D eigenvalue weighted by Gasteiger charge is 2.27. The molecule has 2 aliphatic rings. The van der Waals surface area contributed by atoms with Crippen LogP contribution in [0.25, 0.3) is 0 Å². The second-order valence-electron chi connectivity index (χ2n) is 8.29. The molecule has 0 radical (unpaired) electrons. The van der Waals surface area contributed by atoms with Crippen LogP contribution in [0.4, 0.5) is 0 Å². The molecule has 29 heavy (non-hydrogen) atoms. The van der Waals surface area contributed by atoms with E-state index in [2.05, 4.69) is 35.3 Å². The Morgan fingerprint density at radius 3 is 2.86 bits per heavy atom. The van der Waals surface area contributed by atoms with Crippen LogP contribution in [0.1, 0.15) is 64.3 Å². The molecule has 1 aromatic carbocycles. The smallest absolute Gasteiger partial charge is 0.261 e. The molecular weight excluding hydrogens is 380 g/mol. The van der Waals surface area contributed by atoms with E-state index in [9.17, 15) is 4.79 Å². The number of nitrogens with one attached hydrogen (secondary N) is 1. The number of amides is 1. The molecule has 156 valence electrons. The molecule has 1 aliphatic carbocycles. The first-order chi connectivity index (χ1) is 14.2. The highest BCUT2D eigenvalue weighted by molar-refractivity contribution is 7.14. The van der Waals surface area contributed by atoms with E-state index in [1.165, 1.54) is 36.1 Å². The number of methoxy groups -OCH3 is 1. The van der Waals surface area contributed by atoms with Gasteiger partial charge in [-0.05, 0) is 68.8 Å². The summed E-state index contributed by atoms with van der Waals surface area (Å²) >= 11 is 1.69. The van der Waals surface area contributed by atoms with Crippen molar-refractivity contribution in [1.82, 2.24) is 10.2 Å². The molecule has 1 N–H and O–H groups in total. The van der Waals surface area contributed by atoms with Gasteiger partial charge in [0.05, 0.1) is 18.0 Å². The maximum atomic E-state index is 13.0. The Balaban J connectivity index is 1.48. The number of hydrogen-bond acceptors (Lipinski definition) is 4.